The van der Waals surface area contributed by atoms with Gasteiger partial charge in [0.05, 0.1) is 6.04 Å². The maximum absolute atomic E-state index is 13.4. The molecule has 15 heteroatoms. The number of nitrogens with one attached hydrogen (secondary N) is 3. The number of fused-ring (bicyclic) bond motifs is 1. The Hall–Kier alpha value is -2.42. The van der Waals surface area contributed by atoms with Crippen molar-refractivity contribution in [1.82, 2.24) is 20.9 Å². The van der Waals surface area contributed by atoms with Gasteiger partial charge in [-0.3, -0.25) is 23.9 Å². The predicted octanol–water partition coefficient (Wildman–Crippen LogP) is 1.41. The fraction of sp³-hybridized carbons (Fsp3) is 0.826. The van der Waals surface area contributed by atoms with E-state index in [9.17, 15) is 45.5 Å². The first-order chi connectivity index (χ1) is 17.7. The van der Waals surface area contributed by atoms with Crippen LogP contribution in [0.4, 0.5) is 26.3 Å². The van der Waals surface area contributed by atoms with Gasteiger partial charge in [0.2, 0.25) is 5.91 Å². The molecular weight excluding hydrogens is 526 g/mol. The average Bonchev–Trinajstić information content (AvgIpc) is 3.16. The van der Waals surface area contributed by atoms with Crippen molar-refractivity contribution in [3.8, 4) is 0 Å². The van der Waals surface area contributed by atoms with Crippen molar-refractivity contribution in [2.75, 3.05) is 26.2 Å². The summed E-state index contributed by atoms with van der Waals surface area (Å²) >= 11 is 0. The molecule has 3 N–H and O–H groups in total. The second-order valence-corrected chi connectivity index (χ2v) is 10.6. The van der Waals surface area contributed by atoms with Gasteiger partial charge in [0.25, 0.3) is 0 Å². The Kier molecular flexibility index (Phi) is 7.99. The van der Waals surface area contributed by atoms with Crippen molar-refractivity contribution < 1.29 is 50.3 Å². The van der Waals surface area contributed by atoms with Crippen LogP contribution in [0.25, 0.3) is 0 Å². The number of rotatable bonds is 8. The zero-order valence-corrected chi connectivity index (χ0v) is 20.4. The molecule has 4 rings (SSSR count). The molecule has 0 aromatic heterocycles. The van der Waals surface area contributed by atoms with Crippen molar-refractivity contribution in [3.63, 3.8) is 0 Å². The van der Waals surface area contributed by atoms with Crippen molar-refractivity contribution in [3.05, 3.63) is 0 Å². The highest BCUT2D eigenvalue weighted by Gasteiger charge is 2.65. The lowest BCUT2D eigenvalue weighted by Gasteiger charge is -2.30. The first-order valence-corrected chi connectivity index (χ1v) is 12.6. The molecule has 0 bridgehead atoms. The number of Topliss-reactive ketones (excluding diaryl/α,β-unsaturated/α-hetero) is 1. The Morgan fingerprint density at radius 3 is 2.34 bits per heavy atom. The molecule has 0 unspecified atom stereocenters. The molecule has 4 aliphatic rings. The monoisotopic (exact) mass is 556 g/mol. The number of ether oxygens (including phenoxy) is 1. The largest absolute Gasteiger partial charge is 0.522 e. The molecule has 0 aromatic carbocycles. The minimum atomic E-state index is -5.05. The van der Waals surface area contributed by atoms with Gasteiger partial charge in [0.15, 0.2) is 5.78 Å². The Morgan fingerprint density at radius 1 is 1.05 bits per heavy atom. The molecule has 5 atom stereocenters. The molecule has 38 heavy (non-hydrogen) atoms. The second-order valence-electron chi connectivity index (χ2n) is 10.6. The lowest BCUT2D eigenvalue weighted by atomic mass is 9.92. The highest BCUT2D eigenvalue weighted by atomic mass is 19.4. The molecule has 2 heterocycles. The van der Waals surface area contributed by atoms with Crippen LogP contribution in [0.5, 0.6) is 0 Å². The molecule has 2 aliphatic carbocycles. The van der Waals surface area contributed by atoms with Crippen LogP contribution in [-0.2, 0) is 23.9 Å². The fourth-order valence-corrected chi connectivity index (χ4v) is 5.89. The summed E-state index contributed by atoms with van der Waals surface area (Å²) in [6.07, 6.45) is -7.92. The van der Waals surface area contributed by atoms with E-state index < -0.39 is 60.3 Å². The van der Waals surface area contributed by atoms with Crippen molar-refractivity contribution in [1.29, 1.82) is 0 Å². The van der Waals surface area contributed by atoms with Crippen molar-refractivity contribution in [2.24, 2.45) is 17.8 Å². The van der Waals surface area contributed by atoms with Crippen LogP contribution in [0.15, 0.2) is 0 Å². The first-order valence-electron chi connectivity index (χ1n) is 12.6. The van der Waals surface area contributed by atoms with Crippen LogP contribution in [0.2, 0.25) is 0 Å². The quantitative estimate of drug-likeness (QED) is 0.308. The number of hydrogen-bond acceptors (Lipinski definition) is 6. The van der Waals surface area contributed by atoms with Crippen LogP contribution in [0.3, 0.4) is 0 Å². The zero-order chi connectivity index (χ0) is 27.9. The molecule has 0 aromatic rings. The summed E-state index contributed by atoms with van der Waals surface area (Å²) in [6.45, 7) is -0.187. The van der Waals surface area contributed by atoms with E-state index >= 15 is 0 Å². The Bertz CT molecular complexity index is 948. The second kappa shape index (κ2) is 10.6. The third-order valence-electron chi connectivity index (χ3n) is 8.07. The minimum absolute atomic E-state index is 0.0175. The topological polar surface area (TPSA) is 117 Å². The first kappa shape index (κ1) is 28.6. The van der Waals surface area contributed by atoms with Crippen molar-refractivity contribution in [2.45, 2.75) is 75.1 Å². The SMILES string of the molecule is O=C(NC1(C(F)(F)F)CC1)C(=O)N1C[C@@H]2CCC[C@@H]2[C@H]1C(=O)N[C@@H](C[C@@H]1CCNC1)C(=O)COC(F)(F)F. The van der Waals surface area contributed by atoms with Crippen LogP contribution >= 0.6 is 0 Å². The zero-order valence-electron chi connectivity index (χ0n) is 20.4. The van der Waals surface area contributed by atoms with E-state index in [2.05, 4.69) is 15.4 Å². The summed E-state index contributed by atoms with van der Waals surface area (Å²) in [5.74, 6) is -5.23. The van der Waals surface area contributed by atoms with Gasteiger partial charge in [0.1, 0.15) is 18.2 Å². The Morgan fingerprint density at radius 2 is 1.76 bits per heavy atom. The summed E-state index contributed by atoms with van der Waals surface area (Å²) in [6, 6.07) is -2.57. The van der Waals surface area contributed by atoms with E-state index in [1.54, 1.807) is 5.32 Å². The number of likely N-dealkylation sites (tertiary alicyclic amines) is 1. The minimum Gasteiger partial charge on any atom is -0.344 e. The molecule has 2 saturated heterocycles. The van der Waals surface area contributed by atoms with Gasteiger partial charge in [-0.15, -0.1) is 13.2 Å². The summed E-state index contributed by atoms with van der Waals surface area (Å²) in [5.41, 5.74) is -2.46. The molecule has 0 spiro atoms. The Balaban J connectivity index is 1.48. The number of nitrogens with zero attached hydrogens (tertiary/aromatic N) is 1. The van der Waals surface area contributed by atoms with Gasteiger partial charge in [-0.2, -0.15) is 13.2 Å². The van der Waals surface area contributed by atoms with Crippen LogP contribution in [0, 0.1) is 17.8 Å². The summed E-state index contributed by atoms with van der Waals surface area (Å²) in [7, 11) is 0. The van der Waals surface area contributed by atoms with Crippen molar-refractivity contribution >= 4 is 23.5 Å². The van der Waals surface area contributed by atoms with E-state index in [4.69, 9.17) is 0 Å². The van der Waals surface area contributed by atoms with E-state index in [1.807, 2.05) is 0 Å². The van der Waals surface area contributed by atoms with E-state index in [1.165, 1.54) is 0 Å². The molecule has 2 saturated carbocycles. The highest BCUT2D eigenvalue weighted by molar-refractivity contribution is 6.35. The number of halogens is 6. The maximum atomic E-state index is 13.4. The van der Waals surface area contributed by atoms with Gasteiger partial charge in [-0.05, 0) is 69.4 Å². The van der Waals surface area contributed by atoms with Crippen LogP contribution in [-0.4, -0.2) is 84.8 Å². The van der Waals surface area contributed by atoms with Gasteiger partial charge in [-0.25, -0.2) is 0 Å². The lowest BCUT2D eigenvalue weighted by molar-refractivity contribution is -0.321. The summed E-state index contributed by atoms with van der Waals surface area (Å²) in [4.78, 5) is 52.5. The van der Waals surface area contributed by atoms with Gasteiger partial charge in [-0.1, -0.05) is 6.42 Å². The number of amides is 3. The summed E-state index contributed by atoms with van der Waals surface area (Å²) in [5, 5.41) is 7.32. The number of alkyl halides is 6. The standard InChI is InChI=1S/C23H30F6N4O5/c24-22(25,26)21(5-6-21)32-19(36)20(37)33-10-13-2-1-3-14(13)17(33)18(35)31-15(8-12-4-7-30-9-12)16(34)11-38-23(27,28)29/h12-15,17,30H,1-11H2,(H,31,35)(H,32,36)/t12-,13-,14-,15-,17-/m0/s1. The molecule has 214 valence electrons. The number of ketones is 1. The summed E-state index contributed by atoms with van der Waals surface area (Å²) < 4.78 is 81.1. The van der Waals surface area contributed by atoms with E-state index in [-0.39, 0.29) is 43.6 Å². The molecule has 9 nitrogen and oxygen atoms in total. The molecular formula is C23H30F6N4O5. The maximum Gasteiger partial charge on any atom is 0.522 e. The molecule has 4 fully saturated rings. The van der Waals surface area contributed by atoms with Gasteiger partial charge < -0.3 is 20.9 Å². The van der Waals surface area contributed by atoms with Crippen LogP contribution in [0.1, 0.15) is 44.9 Å². The Labute approximate surface area is 214 Å². The molecule has 3 amide bonds. The number of carbonyl (C=O) groups is 4. The smallest absolute Gasteiger partial charge is 0.344 e. The molecule has 0 radical (unpaired) electrons. The fourth-order valence-electron chi connectivity index (χ4n) is 5.89. The third kappa shape index (κ3) is 6.24. The van der Waals surface area contributed by atoms with E-state index in [0.717, 1.165) is 11.3 Å². The third-order valence-corrected chi connectivity index (χ3v) is 8.07. The van der Waals surface area contributed by atoms with Gasteiger partial charge >= 0.3 is 24.4 Å². The number of carbonyl (C=O) groups excluding carboxylic acids is 4. The predicted molar refractivity (Wildman–Crippen MR) is 117 cm³/mol. The highest BCUT2D eigenvalue weighted by Crippen LogP contribution is 2.49. The number of hydrogen-bond donors (Lipinski definition) is 3. The van der Waals surface area contributed by atoms with Crippen LogP contribution < -0.4 is 16.0 Å². The molecule has 2 aliphatic heterocycles. The van der Waals surface area contributed by atoms with E-state index in [0.29, 0.717) is 32.4 Å². The lowest BCUT2D eigenvalue weighted by Crippen LogP contribution is -2.58. The van der Waals surface area contributed by atoms with Gasteiger partial charge in [0, 0.05) is 6.54 Å². The normalized spacial score (nSPS) is 29.1. The average molecular weight is 557 g/mol.